The first-order valence-electron chi connectivity index (χ1n) is 3.33. The van der Waals surface area contributed by atoms with Crippen LogP contribution in [-0.2, 0) is 0 Å². The molecule has 1 atom stereocenters. The normalized spacial score (nSPS) is 13.7. The molecule has 3 heteroatoms. The number of rotatable bonds is 5. The molecule has 0 rings (SSSR count). The highest BCUT2D eigenvalue weighted by Gasteiger charge is 2.00. The molecular formula is C6H16N2S. The zero-order valence-corrected chi connectivity index (χ0v) is 7.00. The Morgan fingerprint density at radius 2 is 2.33 bits per heavy atom. The van der Waals surface area contributed by atoms with Gasteiger partial charge in [0.05, 0.1) is 0 Å². The summed E-state index contributed by atoms with van der Waals surface area (Å²) in [7, 11) is 0. The molecule has 2 nitrogen and oxygen atoms in total. The highest BCUT2D eigenvalue weighted by atomic mass is 32.2. The lowest BCUT2D eigenvalue weighted by Crippen LogP contribution is -2.24. The van der Waals surface area contributed by atoms with E-state index in [9.17, 15) is 0 Å². The minimum absolute atomic E-state index is 0.602. The molecule has 0 aromatic carbocycles. The highest BCUT2D eigenvalue weighted by Crippen LogP contribution is 1.99. The van der Waals surface area contributed by atoms with E-state index in [4.69, 9.17) is 5.73 Å². The Labute approximate surface area is 61.7 Å². The van der Waals surface area contributed by atoms with E-state index in [1.54, 1.807) is 11.9 Å². The van der Waals surface area contributed by atoms with E-state index in [2.05, 4.69) is 11.6 Å². The van der Waals surface area contributed by atoms with Gasteiger partial charge in [-0.2, -0.15) is 0 Å². The van der Waals surface area contributed by atoms with E-state index in [1.807, 2.05) is 6.26 Å². The molecule has 0 spiro atoms. The Morgan fingerprint density at radius 3 is 2.67 bits per heavy atom. The molecule has 0 heterocycles. The van der Waals surface area contributed by atoms with E-state index in [1.165, 1.54) is 0 Å². The summed E-state index contributed by atoms with van der Waals surface area (Å²) < 4.78 is 3.27. The average molecular weight is 148 g/mol. The summed E-state index contributed by atoms with van der Waals surface area (Å²) in [4.78, 5) is 0. The van der Waals surface area contributed by atoms with Crippen LogP contribution in [0.5, 0.6) is 0 Å². The fourth-order valence-electron chi connectivity index (χ4n) is 0.714. The Bertz CT molecular complexity index is 53.0. The van der Waals surface area contributed by atoms with Crippen LogP contribution in [0.2, 0.25) is 0 Å². The third-order valence-electron chi connectivity index (χ3n) is 1.29. The Balaban J connectivity index is 3.18. The highest BCUT2D eigenvalue weighted by molar-refractivity contribution is 7.96. The lowest BCUT2D eigenvalue weighted by Gasteiger charge is -2.12. The Hall–Kier alpha value is 0.270. The zero-order chi connectivity index (χ0) is 7.11. The van der Waals surface area contributed by atoms with E-state index in [0.29, 0.717) is 6.04 Å². The van der Waals surface area contributed by atoms with Crippen molar-refractivity contribution in [3.8, 4) is 0 Å². The van der Waals surface area contributed by atoms with Gasteiger partial charge in [-0.25, -0.2) is 0 Å². The van der Waals surface area contributed by atoms with Crippen LogP contribution in [-0.4, -0.2) is 18.8 Å². The summed E-state index contributed by atoms with van der Waals surface area (Å²) in [6.45, 7) is 2.95. The van der Waals surface area contributed by atoms with Crippen molar-refractivity contribution in [3.05, 3.63) is 0 Å². The molecule has 56 valence electrons. The van der Waals surface area contributed by atoms with Gasteiger partial charge in [-0.1, -0.05) is 18.9 Å². The van der Waals surface area contributed by atoms with Gasteiger partial charge in [0.15, 0.2) is 0 Å². The van der Waals surface area contributed by atoms with E-state index >= 15 is 0 Å². The summed E-state index contributed by atoms with van der Waals surface area (Å²) >= 11 is 1.67. The maximum Gasteiger partial charge on any atom is 0.0181 e. The third kappa shape index (κ3) is 4.75. The second-order valence-corrected chi connectivity index (χ2v) is 2.65. The SMILES string of the molecule is CCC(CCN)NSC. The standard InChI is InChI=1S/C6H16N2S/c1-3-6(4-5-7)8-9-2/h6,8H,3-5,7H2,1-2H3. The molecule has 1 unspecified atom stereocenters. The molecule has 0 saturated carbocycles. The number of nitrogens with one attached hydrogen (secondary N) is 1. The monoisotopic (exact) mass is 148 g/mol. The zero-order valence-electron chi connectivity index (χ0n) is 6.18. The maximum atomic E-state index is 5.39. The summed E-state index contributed by atoms with van der Waals surface area (Å²) in [5.74, 6) is 0. The number of hydrogen-bond acceptors (Lipinski definition) is 3. The third-order valence-corrected chi connectivity index (χ3v) is 1.86. The molecule has 0 amide bonds. The van der Waals surface area contributed by atoms with Gasteiger partial charge in [-0.05, 0) is 25.6 Å². The van der Waals surface area contributed by atoms with Crippen molar-refractivity contribution in [2.24, 2.45) is 5.73 Å². The molecule has 0 radical (unpaired) electrons. The van der Waals surface area contributed by atoms with Crippen LogP contribution in [0.3, 0.4) is 0 Å². The number of hydrogen-bond donors (Lipinski definition) is 2. The number of nitrogens with two attached hydrogens (primary N) is 1. The van der Waals surface area contributed by atoms with Gasteiger partial charge in [0.2, 0.25) is 0 Å². The van der Waals surface area contributed by atoms with Crippen molar-refractivity contribution in [1.82, 2.24) is 4.72 Å². The van der Waals surface area contributed by atoms with Crippen molar-refractivity contribution in [1.29, 1.82) is 0 Å². The fourth-order valence-corrected chi connectivity index (χ4v) is 1.33. The summed E-state index contributed by atoms with van der Waals surface area (Å²) in [5.41, 5.74) is 5.39. The second kappa shape index (κ2) is 6.39. The van der Waals surface area contributed by atoms with E-state index < -0.39 is 0 Å². The largest absolute Gasteiger partial charge is 0.330 e. The van der Waals surface area contributed by atoms with E-state index in [0.717, 1.165) is 19.4 Å². The molecule has 0 aromatic rings. The van der Waals surface area contributed by atoms with Crippen LogP contribution in [0.25, 0.3) is 0 Å². The lowest BCUT2D eigenvalue weighted by atomic mass is 10.2. The first-order valence-corrected chi connectivity index (χ1v) is 4.56. The summed E-state index contributed by atoms with van der Waals surface area (Å²) in [6, 6.07) is 0.602. The van der Waals surface area contributed by atoms with Crippen molar-refractivity contribution < 1.29 is 0 Å². The summed E-state index contributed by atoms with van der Waals surface area (Å²) in [5, 5.41) is 0. The van der Waals surface area contributed by atoms with Crippen molar-refractivity contribution in [2.75, 3.05) is 12.8 Å². The minimum Gasteiger partial charge on any atom is -0.330 e. The van der Waals surface area contributed by atoms with Gasteiger partial charge in [0, 0.05) is 6.04 Å². The van der Waals surface area contributed by atoms with Crippen LogP contribution in [0.1, 0.15) is 19.8 Å². The van der Waals surface area contributed by atoms with Gasteiger partial charge >= 0.3 is 0 Å². The molecule has 0 aliphatic carbocycles. The van der Waals surface area contributed by atoms with Gasteiger partial charge < -0.3 is 5.73 Å². The van der Waals surface area contributed by atoms with Gasteiger partial charge in [0.1, 0.15) is 0 Å². The molecular weight excluding hydrogens is 132 g/mol. The molecule has 3 N–H and O–H groups in total. The van der Waals surface area contributed by atoms with Gasteiger partial charge in [-0.3, -0.25) is 4.72 Å². The van der Waals surface area contributed by atoms with Crippen LogP contribution in [0, 0.1) is 0 Å². The molecule has 0 fully saturated rings. The molecule has 9 heavy (non-hydrogen) atoms. The van der Waals surface area contributed by atoms with Crippen LogP contribution >= 0.6 is 11.9 Å². The quantitative estimate of drug-likeness (QED) is 0.571. The van der Waals surface area contributed by atoms with Crippen molar-refractivity contribution >= 4 is 11.9 Å². The predicted molar refractivity (Wildman–Crippen MR) is 44.4 cm³/mol. The lowest BCUT2D eigenvalue weighted by molar-refractivity contribution is 0.571. The molecule has 0 aliphatic heterocycles. The Morgan fingerprint density at radius 1 is 1.67 bits per heavy atom. The van der Waals surface area contributed by atoms with Crippen LogP contribution in [0.15, 0.2) is 0 Å². The predicted octanol–water partition coefficient (Wildman–Crippen LogP) is 0.981. The topological polar surface area (TPSA) is 38.0 Å². The van der Waals surface area contributed by atoms with Crippen molar-refractivity contribution in [3.63, 3.8) is 0 Å². The Kier molecular flexibility index (Phi) is 6.58. The summed E-state index contributed by atoms with van der Waals surface area (Å²) in [6.07, 6.45) is 4.29. The minimum atomic E-state index is 0.602. The fraction of sp³-hybridized carbons (Fsp3) is 1.00. The molecule has 0 saturated heterocycles. The van der Waals surface area contributed by atoms with Crippen LogP contribution in [0.4, 0.5) is 0 Å². The van der Waals surface area contributed by atoms with E-state index in [-0.39, 0.29) is 0 Å². The smallest absolute Gasteiger partial charge is 0.0181 e. The maximum absolute atomic E-state index is 5.39. The average Bonchev–Trinajstić information content (AvgIpc) is 1.88. The first kappa shape index (κ1) is 9.27. The van der Waals surface area contributed by atoms with Crippen molar-refractivity contribution in [2.45, 2.75) is 25.8 Å². The molecule has 0 aliphatic rings. The van der Waals surface area contributed by atoms with Gasteiger partial charge in [0.25, 0.3) is 0 Å². The molecule has 0 aromatic heterocycles. The van der Waals surface area contributed by atoms with Crippen LogP contribution < -0.4 is 10.5 Å². The second-order valence-electron chi connectivity index (χ2n) is 2.00. The molecule has 0 bridgehead atoms. The first-order chi connectivity index (χ1) is 4.35. The van der Waals surface area contributed by atoms with Gasteiger partial charge in [-0.15, -0.1) is 0 Å².